The molecule has 0 saturated carbocycles. The van der Waals surface area contributed by atoms with Crippen molar-refractivity contribution < 1.29 is 0 Å². The highest BCUT2D eigenvalue weighted by Crippen LogP contribution is 2.30. The number of nitrogens with one attached hydrogen (secondary N) is 1. The van der Waals surface area contributed by atoms with Crippen LogP contribution in [0.15, 0.2) is 18.3 Å². The van der Waals surface area contributed by atoms with Crippen LogP contribution in [0.25, 0.3) is 10.9 Å². The number of nitrogens with zero attached hydrogens (tertiary/aromatic N) is 2. The van der Waals surface area contributed by atoms with E-state index in [2.05, 4.69) is 47.2 Å². The van der Waals surface area contributed by atoms with Crippen LogP contribution < -0.4 is 5.32 Å². The first kappa shape index (κ1) is 12.7. The van der Waals surface area contributed by atoms with E-state index in [4.69, 9.17) is 0 Å². The standard InChI is InChI=1S/C16H23N3/c1-17-6-4-5-12-11-19(3)16-8-14-10-18(2)9-13(14)7-15(12)16/h7-8,11,17H,4-6,9-10H2,1-3H3. The molecule has 0 radical (unpaired) electrons. The molecule has 0 atom stereocenters. The van der Waals surface area contributed by atoms with E-state index in [1.165, 1.54) is 34.0 Å². The lowest BCUT2D eigenvalue weighted by atomic mass is 10.0. The molecule has 0 fully saturated rings. The topological polar surface area (TPSA) is 20.2 Å². The van der Waals surface area contributed by atoms with Crippen LogP contribution in [0.2, 0.25) is 0 Å². The van der Waals surface area contributed by atoms with Crippen molar-refractivity contribution in [2.24, 2.45) is 7.05 Å². The summed E-state index contributed by atoms with van der Waals surface area (Å²) in [5.74, 6) is 0. The zero-order valence-corrected chi connectivity index (χ0v) is 12.2. The van der Waals surface area contributed by atoms with E-state index in [1.54, 1.807) is 0 Å². The molecular formula is C16H23N3. The summed E-state index contributed by atoms with van der Waals surface area (Å²) in [6.45, 7) is 3.27. The van der Waals surface area contributed by atoms with Crippen molar-refractivity contribution in [1.29, 1.82) is 0 Å². The molecule has 1 aromatic carbocycles. The van der Waals surface area contributed by atoms with Crippen LogP contribution in [0.3, 0.4) is 0 Å². The average molecular weight is 257 g/mol. The highest BCUT2D eigenvalue weighted by Gasteiger charge is 2.18. The van der Waals surface area contributed by atoms with Gasteiger partial charge in [0.2, 0.25) is 0 Å². The van der Waals surface area contributed by atoms with E-state index in [-0.39, 0.29) is 0 Å². The van der Waals surface area contributed by atoms with E-state index >= 15 is 0 Å². The maximum absolute atomic E-state index is 3.23. The van der Waals surface area contributed by atoms with Crippen LogP contribution in [-0.4, -0.2) is 30.1 Å². The summed E-state index contributed by atoms with van der Waals surface area (Å²) in [6, 6.07) is 4.80. The SMILES string of the molecule is CNCCCc1cn(C)c2cc3c(cc12)CN(C)C3. The average Bonchev–Trinajstić information content (AvgIpc) is 2.88. The third-order valence-corrected chi connectivity index (χ3v) is 4.15. The molecule has 1 N–H and O–H groups in total. The molecule has 1 aliphatic heterocycles. The van der Waals surface area contributed by atoms with Crippen molar-refractivity contribution in [1.82, 2.24) is 14.8 Å². The Morgan fingerprint density at radius 2 is 1.89 bits per heavy atom. The smallest absolute Gasteiger partial charge is 0.0484 e. The molecule has 3 nitrogen and oxygen atoms in total. The normalized spacial score (nSPS) is 15.3. The van der Waals surface area contributed by atoms with Gasteiger partial charge in [0.25, 0.3) is 0 Å². The van der Waals surface area contributed by atoms with E-state index in [0.717, 1.165) is 26.1 Å². The fraction of sp³-hybridized carbons (Fsp3) is 0.500. The Balaban J connectivity index is 1.98. The molecule has 0 unspecified atom stereocenters. The van der Waals surface area contributed by atoms with Gasteiger partial charge in [-0.2, -0.15) is 0 Å². The lowest BCUT2D eigenvalue weighted by Crippen LogP contribution is -2.08. The summed E-state index contributed by atoms with van der Waals surface area (Å²) in [7, 11) is 6.37. The van der Waals surface area contributed by atoms with Gasteiger partial charge in [0, 0.05) is 37.2 Å². The van der Waals surface area contributed by atoms with Crippen LogP contribution in [0.5, 0.6) is 0 Å². The maximum atomic E-state index is 3.23. The second kappa shape index (κ2) is 4.99. The number of benzene rings is 1. The van der Waals surface area contributed by atoms with Crippen LogP contribution in [-0.2, 0) is 26.6 Å². The lowest BCUT2D eigenvalue weighted by molar-refractivity contribution is 0.353. The number of hydrogen-bond acceptors (Lipinski definition) is 2. The molecule has 0 spiro atoms. The van der Waals surface area contributed by atoms with Crippen LogP contribution in [0.4, 0.5) is 0 Å². The van der Waals surface area contributed by atoms with Crippen molar-refractivity contribution in [3.63, 3.8) is 0 Å². The minimum absolute atomic E-state index is 1.09. The second-order valence-corrected chi connectivity index (χ2v) is 5.78. The lowest BCUT2D eigenvalue weighted by Gasteiger charge is -2.03. The van der Waals surface area contributed by atoms with Gasteiger partial charge in [-0.15, -0.1) is 0 Å². The van der Waals surface area contributed by atoms with Gasteiger partial charge in [-0.05, 0) is 62.3 Å². The molecular weight excluding hydrogens is 234 g/mol. The molecule has 2 aromatic rings. The molecule has 0 saturated heterocycles. The van der Waals surface area contributed by atoms with Crippen LogP contribution in [0, 0.1) is 0 Å². The maximum Gasteiger partial charge on any atom is 0.0484 e. The van der Waals surface area contributed by atoms with Crippen molar-refractivity contribution >= 4 is 10.9 Å². The van der Waals surface area contributed by atoms with Gasteiger partial charge in [0.1, 0.15) is 0 Å². The monoisotopic (exact) mass is 257 g/mol. The van der Waals surface area contributed by atoms with Gasteiger partial charge in [0.15, 0.2) is 0 Å². The van der Waals surface area contributed by atoms with Crippen molar-refractivity contribution in [2.45, 2.75) is 25.9 Å². The van der Waals surface area contributed by atoms with Gasteiger partial charge < -0.3 is 9.88 Å². The largest absolute Gasteiger partial charge is 0.350 e. The molecule has 0 bridgehead atoms. The molecule has 3 heteroatoms. The van der Waals surface area contributed by atoms with E-state index in [1.807, 2.05) is 7.05 Å². The first-order valence-corrected chi connectivity index (χ1v) is 7.12. The van der Waals surface area contributed by atoms with Gasteiger partial charge >= 0.3 is 0 Å². The summed E-state index contributed by atoms with van der Waals surface area (Å²) in [5.41, 5.74) is 5.88. The quantitative estimate of drug-likeness (QED) is 0.848. The highest BCUT2D eigenvalue weighted by molar-refractivity contribution is 5.85. The van der Waals surface area contributed by atoms with Gasteiger partial charge in [-0.1, -0.05) is 0 Å². The predicted molar refractivity (Wildman–Crippen MR) is 80.3 cm³/mol. The zero-order valence-electron chi connectivity index (χ0n) is 12.2. The van der Waals surface area contributed by atoms with E-state index < -0.39 is 0 Å². The molecule has 0 amide bonds. The Bertz CT molecular complexity index is 598. The summed E-state index contributed by atoms with van der Waals surface area (Å²) in [6.07, 6.45) is 4.67. The number of fused-ring (bicyclic) bond motifs is 2. The molecule has 2 heterocycles. The number of aryl methyl sites for hydroxylation is 2. The van der Waals surface area contributed by atoms with E-state index in [9.17, 15) is 0 Å². The zero-order chi connectivity index (χ0) is 13.4. The Labute approximate surface area is 115 Å². The van der Waals surface area contributed by atoms with Crippen molar-refractivity contribution in [3.05, 3.63) is 35.0 Å². The third-order valence-electron chi connectivity index (χ3n) is 4.15. The van der Waals surface area contributed by atoms with Gasteiger partial charge in [-0.3, -0.25) is 4.90 Å². The molecule has 1 aliphatic rings. The summed E-state index contributed by atoms with van der Waals surface area (Å²) in [4.78, 5) is 2.38. The molecule has 3 rings (SSSR count). The van der Waals surface area contributed by atoms with Crippen molar-refractivity contribution in [3.8, 4) is 0 Å². The summed E-state index contributed by atoms with van der Waals surface area (Å²) >= 11 is 0. The van der Waals surface area contributed by atoms with Crippen LogP contribution >= 0.6 is 0 Å². The Kier molecular flexibility index (Phi) is 3.33. The van der Waals surface area contributed by atoms with Crippen molar-refractivity contribution in [2.75, 3.05) is 20.6 Å². The predicted octanol–water partition coefficient (Wildman–Crippen LogP) is 2.28. The minimum Gasteiger partial charge on any atom is -0.350 e. The Morgan fingerprint density at radius 1 is 1.16 bits per heavy atom. The Hall–Kier alpha value is -1.32. The highest BCUT2D eigenvalue weighted by atomic mass is 15.1. The van der Waals surface area contributed by atoms with Crippen LogP contribution in [0.1, 0.15) is 23.1 Å². The molecule has 0 aliphatic carbocycles. The molecule has 19 heavy (non-hydrogen) atoms. The fourth-order valence-corrected chi connectivity index (χ4v) is 3.18. The fourth-order valence-electron chi connectivity index (χ4n) is 3.18. The minimum atomic E-state index is 1.09. The molecule has 1 aromatic heterocycles. The summed E-state index contributed by atoms with van der Waals surface area (Å²) in [5, 5.41) is 4.68. The molecule has 102 valence electrons. The number of aromatic nitrogens is 1. The number of hydrogen-bond donors (Lipinski definition) is 1. The van der Waals surface area contributed by atoms with Gasteiger partial charge in [-0.25, -0.2) is 0 Å². The first-order chi connectivity index (χ1) is 9.19. The van der Waals surface area contributed by atoms with Gasteiger partial charge in [0.05, 0.1) is 0 Å². The number of rotatable bonds is 4. The Morgan fingerprint density at radius 3 is 2.63 bits per heavy atom. The second-order valence-electron chi connectivity index (χ2n) is 5.78. The van der Waals surface area contributed by atoms with E-state index in [0.29, 0.717) is 0 Å². The first-order valence-electron chi connectivity index (χ1n) is 7.12. The summed E-state index contributed by atoms with van der Waals surface area (Å²) < 4.78 is 2.28. The third kappa shape index (κ3) is 2.28.